The molecule has 0 unspecified atom stereocenters. The van der Waals surface area contributed by atoms with Crippen LogP contribution in [0.1, 0.15) is 36.3 Å². The van der Waals surface area contributed by atoms with Crippen LogP contribution < -0.4 is 15.6 Å². The summed E-state index contributed by atoms with van der Waals surface area (Å²) in [6.07, 6.45) is 0.950. The van der Waals surface area contributed by atoms with E-state index in [0.717, 1.165) is 6.42 Å². The van der Waals surface area contributed by atoms with Crippen LogP contribution in [0.25, 0.3) is 10.6 Å². The Morgan fingerprint density at radius 3 is 2.61 bits per heavy atom. The Morgan fingerprint density at radius 2 is 1.90 bits per heavy atom. The molecule has 0 fully saturated rings. The molecule has 2 N–H and O–H groups in total. The third-order valence-corrected chi connectivity index (χ3v) is 5.30. The van der Waals surface area contributed by atoms with E-state index in [2.05, 4.69) is 29.7 Å². The van der Waals surface area contributed by atoms with E-state index >= 15 is 0 Å². The molecular weight excluding hydrogens is 417 g/mol. The number of hydrazine groups is 1. The number of ether oxygens (including phenoxy) is 1. The van der Waals surface area contributed by atoms with Crippen molar-refractivity contribution in [1.82, 2.24) is 15.8 Å². The van der Waals surface area contributed by atoms with Gasteiger partial charge in [0.05, 0.1) is 18.7 Å². The molecule has 0 aliphatic heterocycles. The predicted octanol–water partition coefficient (Wildman–Crippen LogP) is 4.38. The standard InChI is InChI=1S/C23H24FN3O3S/c1-15(2)10-11-30-20-8-6-16(7-9-20)22(29)27-26-21(28)13-19-14-31-23(25-19)17-4-3-5-18(24)12-17/h3-9,12,14-15H,10-11,13H2,1-2H3,(H,26,28)(H,27,29). The second-order valence-electron chi connectivity index (χ2n) is 7.39. The molecular formula is C23H24FN3O3S. The third-order valence-electron chi connectivity index (χ3n) is 4.36. The second kappa shape index (κ2) is 10.7. The van der Waals surface area contributed by atoms with E-state index in [4.69, 9.17) is 4.74 Å². The van der Waals surface area contributed by atoms with Crippen LogP contribution in [0.2, 0.25) is 0 Å². The lowest BCUT2D eigenvalue weighted by molar-refractivity contribution is -0.121. The number of amides is 2. The van der Waals surface area contributed by atoms with Crippen LogP contribution in [0.3, 0.4) is 0 Å². The van der Waals surface area contributed by atoms with Gasteiger partial charge in [0.15, 0.2) is 0 Å². The molecule has 0 saturated heterocycles. The molecule has 6 nitrogen and oxygen atoms in total. The molecule has 0 aliphatic rings. The predicted molar refractivity (Wildman–Crippen MR) is 118 cm³/mol. The Labute approximate surface area is 184 Å². The molecule has 0 atom stereocenters. The summed E-state index contributed by atoms with van der Waals surface area (Å²) in [5.74, 6) is 0.0773. The lowest BCUT2D eigenvalue weighted by Gasteiger charge is -2.09. The van der Waals surface area contributed by atoms with Gasteiger partial charge in [0.1, 0.15) is 16.6 Å². The number of carbonyl (C=O) groups is 2. The lowest BCUT2D eigenvalue weighted by Crippen LogP contribution is -2.42. The number of halogens is 1. The van der Waals surface area contributed by atoms with Gasteiger partial charge in [-0.1, -0.05) is 26.0 Å². The number of hydrogen-bond donors (Lipinski definition) is 2. The molecule has 1 heterocycles. The minimum atomic E-state index is -0.430. The van der Waals surface area contributed by atoms with Crippen LogP contribution in [-0.2, 0) is 11.2 Å². The smallest absolute Gasteiger partial charge is 0.269 e. The van der Waals surface area contributed by atoms with Crippen LogP contribution in [-0.4, -0.2) is 23.4 Å². The Kier molecular flexibility index (Phi) is 7.72. The zero-order valence-corrected chi connectivity index (χ0v) is 18.2. The van der Waals surface area contributed by atoms with Crippen molar-refractivity contribution in [2.24, 2.45) is 5.92 Å². The summed E-state index contributed by atoms with van der Waals surface area (Å²) < 4.78 is 19.0. The first-order valence-corrected chi connectivity index (χ1v) is 10.8. The van der Waals surface area contributed by atoms with Crippen molar-refractivity contribution in [2.75, 3.05) is 6.61 Å². The Balaban J connectivity index is 1.47. The molecule has 162 valence electrons. The molecule has 8 heteroatoms. The van der Waals surface area contributed by atoms with Gasteiger partial charge >= 0.3 is 0 Å². The first-order valence-electron chi connectivity index (χ1n) is 9.93. The van der Waals surface area contributed by atoms with Crippen molar-refractivity contribution < 1.29 is 18.7 Å². The van der Waals surface area contributed by atoms with E-state index in [1.165, 1.54) is 23.5 Å². The summed E-state index contributed by atoms with van der Waals surface area (Å²) in [4.78, 5) is 28.7. The van der Waals surface area contributed by atoms with E-state index in [-0.39, 0.29) is 12.2 Å². The van der Waals surface area contributed by atoms with E-state index < -0.39 is 11.8 Å². The van der Waals surface area contributed by atoms with Gasteiger partial charge in [-0.05, 0) is 48.7 Å². The SMILES string of the molecule is CC(C)CCOc1ccc(C(=O)NNC(=O)Cc2csc(-c3cccc(F)c3)n2)cc1. The van der Waals surface area contributed by atoms with Crippen molar-refractivity contribution in [2.45, 2.75) is 26.7 Å². The highest BCUT2D eigenvalue weighted by molar-refractivity contribution is 7.13. The summed E-state index contributed by atoms with van der Waals surface area (Å²) in [5, 5.41) is 2.36. The van der Waals surface area contributed by atoms with Crippen LogP contribution in [0.5, 0.6) is 5.75 Å². The van der Waals surface area contributed by atoms with E-state index in [0.29, 0.717) is 40.1 Å². The van der Waals surface area contributed by atoms with Crippen molar-refractivity contribution in [3.63, 3.8) is 0 Å². The molecule has 2 aromatic carbocycles. The van der Waals surface area contributed by atoms with Gasteiger partial charge in [-0.25, -0.2) is 9.37 Å². The van der Waals surface area contributed by atoms with Crippen molar-refractivity contribution in [1.29, 1.82) is 0 Å². The molecule has 31 heavy (non-hydrogen) atoms. The van der Waals surface area contributed by atoms with Crippen molar-refractivity contribution in [3.8, 4) is 16.3 Å². The minimum Gasteiger partial charge on any atom is -0.494 e. The van der Waals surface area contributed by atoms with Gasteiger partial charge in [0.2, 0.25) is 5.91 Å². The number of rotatable bonds is 8. The molecule has 0 bridgehead atoms. The molecule has 0 spiro atoms. The topological polar surface area (TPSA) is 80.3 Å². The van der Waals surface area contributed by atoms with E-state index in [1.54, 1.807) is 41.8 Å². The van der Waals surface area contributed by atoms with Crippen LogP contribution in [0, 0.1) is 11.7 Å². The normalized spacial score (nSPS) is 10.7. The average molecular weight is 442 g/mol. The fourth-order valence-electron chi connectivity index (χ4n) is 2.66. The largest absolute Gasteiger partial charge is 0.494 e. The van der Waals surface area contributed by atoms with Crippen LogP contribution in [0.4, 0.5) is 4.39 Å². The zero-order chi connectivity index (χ0) is 22.2. The summed E-state index contributed by atoms with van der Waals surface area (Å²) in [5.41, 5.74) is 6.37. The second-order valence-corrected chi connectivity index (χ2v) is 8.25. The Bertz CT molecular complexity index is 1030. The first kappa shape index (κ1) is 22.4. The maximum atomic E-state index is 13.4. The van der Waals surface area contributed by atoms with Gasteiger partial charge in [-0.3, -0.25) is 20.4 Å². The maximum Gasteiger partial charge on any atom is 0.269 e. The number of carbonyl (C=O) groups excluding carboxylic acids is 2. The molecule has 1 aromatic heterocycles. The number of aromatic nitrogens is 1. The summed E-state index contributed by atoms with van der Waals surface area (Å²) in [6.45, 7) is 4.88. The first-order chi connectivity index (χ1) is 14.9. The molecule has 0 saturated carbocycles. The molecule has 0 aliphatic carbocycles. The molecule has 2 amide bonds. The van der Waals surface area contributed by atoms with Crippen LogP contribution >= 0.6 is 11.3 Å². The van der Waals surface area contributed by atoms with Gasteiger partial charge < -0.3 is 4.74 Å². The highest BCUT2D eigenvalue weighted by atomic mass is 32.1. The molecule has 0 radical (unpaired) electrons. The fraction of sp³-hybridized carbons (Fsp3) is 0.261. The average Bonchev–Trinajstić information content (AvgIpc) is 3.21. The maximum absolute atomic E-state index is 13.4. The van der Waals surface area contributed by atoms with Gasteiger partial charge in [-0.2, -0.15) is 0 Å². The van der Waals surface area contributed by atoms with Crippen molar-refractivity contribution >= 4 is 23.2 Å². The quantitative estimate of drug-likeness (QED) is 0.509. The van der Waals surface area contributed by atoms with Crippen molar-refractivity contribution in [3.05, 3.63) is 71.0 Å². The highest BCUT2D eigenvalue weighted by Gasteiger charge is 2.11. The minimum absolute atomic E-state index is 0.00523. The summed E-state index contributed by atoms with van der Waals surface area (Å²) in [7, 11) is 0. The molecule has 3 aromatic rings. The number of nitrogens with one attached hydrogen (secondary N) is 2. The van der Waals surface area contributed by atoms with E-state index in [1.807, 2.05) is 0 Å². The lowest BCUT2D eigenvalue weighted by atomic mass is 10.1. The number of nitrogens with zero attached hydrogens (tertiary/aromatic N) is 1. The number of hydrogen-bond acceptors (Lipinski definition) is 5. The van der Waals surface area contributed by atoms with Crippen LogP contribution in [0.15, 0.2) is 53.9 Å². The Hall–Kier alpha value is -3.26. The van der Waals surface area contributed by atoms with E-state index in [9.17, 15) is 14.0 Å². The zero-order valence-electron chi connectivity index (χ0n) is 17.4. The summed E-state index contributed by atoms with van der Waals surface area (Å²) >= 11 is 1.33. The highest BCUT2D eigenvalue weighted by Crippen LogP contribution is 2.24. The number of benzene rings is 2. The fourth-order valence-corrected chi connectivity index (χ4v) is 3.48. The van der Waals surface area contributed by atoms with Gasteiger partial charge in [0, 0.05) is 16.5 Å². The Morgan fingerprint density at radius 1 is 1.13 bits per heavy atom. The van der Waals surface area contributed by atoms with Gasteiger partial charge in [0.25, 0.3) is 5.91 Å². The number of thiazole rings is 1. The molecule has 3 rings (SSSR count). The third kappa shape index (κ3) is 6.89. The monoisotopic (exact) mass is 441 g/mol. The van der Waals surface area contributed by atoms with Gasteiger partial charge in [-0.15, -0.1) is 11.3 Å². The summed E-state index contributed by atoms with van der Waals surface area (Å²) in [6, 6.07) is 12.8.